The summed E-state index contributed by atoms with van der Waals surface area (Å²) in [6.07, 6.45) is 0.528. The molecule has 0 aliphatic carbocycles. The first-order valence-electron chi connectivity index (χ1n) is 5.76. The molecule has 2 N–H and O–H groups in total. The summed E-state index contributed by atoms with van der Waals surface area (Å²) < 4.78 is 0. The number of hydrogen-bond acceptors (Lipinski definition) is 2. The fraction of sp³-hybridized carbons (Fsp3) is 0.462. The molecule has 0 spiro atoms. The van der Waals surface area contributed by atoms with Gasteiger partial charge < -0.3 is 10.6 Å². The van der Waals surface area contributed by atoms with Gasteiger partial charge >= 0.3 is 0 Å². The van der Waals surface area contributed by atoms with Crippen LogP contribution in [-0.2, 0) is 11.3 Å². The van der Waals surface area contributed by atoms with Crippen molar-refractivity contribution in [1.82, 2.24) is 10.6 Å². The van der Waals surface area contributed by atoms with Crippen LogP contribution in [0.15, 0.2) is 30.3 Å². The monoisotopic (exact) mass is 220 g/mol. The van der Waals surface area contributed by atoms with E-state index in [9.17, 15) is 4.79 Å². The van der Waals surface area contributed by atoms with Crippen molar-refractivity contribution < 1.29 is 4.79 Å². The first-order valence-corrected chi connectivity index (χ1v) is 5.76. The number of amides is 1. The quantitative estimate of drug-likeness (QED) is 0.766. The van der Waals surface area contributed by atoms with Gasteiger partial charge in [0.1, 0.15) is 0 Å². The van der Waals surface area contributed by atoms with Gasteiger partial charge in [0.15, 0.2) is 0 Å². The minimum absolute atomic E-state index is 0.0947. The summed E-state index contributed by atoms with van der Waals surface area (Å²) in [5.41, 5.74) is 1.13. The molecule has 0 aliphatic rings. The topological polar surface area (TPSA) is 41.1 Å². The molecular formula is C13H20N2O. The lowest BCUT2D eigenvalue weighted by molar-refractivity contribution is -0.121. The number of nitrogens with one attached hydrogen (secondary N) is 2. The molecule has 0 aliphatic heterocycles. The Hall–Kier alpha value is -1.35. The molecule has 0 radical (unpaired) electrons. The van der Waals surface area contributed by atoms with Crippen LogP contribution in [0, 0.1) is 0 Å². The minimum atomic E-state index is 0.0947. The summed E-state index contributed by atoms with van der Waals surface area (Å²) in [6, 6.07) is 10.2. The van der Waals surface area contributed by atoms with Gasteiger partial charge in [-0.1, -0.05) is 37.3 Å². The lowest BCUT2D eigenvalue weighted by Crippen LogP contribution is -2.33. The molecule has 88 valence electrons. The number of carbonyl (C=O) groups is 1. The highest BCUT2D eigenvalue weighted by Gasteiger charge is 2.06. The second-order valence-electron chi connectivity index (χ2n) is 3.93. The summed E-state index contributed by atoms with van der Waals surface area (Å²) in [6.45, 7) is 5.57. The second-order valence-corrected chi connectivity index (χ2v) is 3.93. The highest BCUT2D eigenvalue weighted by molar-refractivity contribution is 5.76. The Morgan fingerprint density at radius 2 is 2.00 bits per heavy atom. The first-order chi connectivity index (χ1) is 7.72. The molecule has 3 nitrogen and oxygen atoms in total. The summed E-state index contributed by atoms with van der Waals surface area (Å²) in [5.74, 6) is 0.0947. The van der Waals surface area contributed by atoms with Crippen molar-refractivity contribution in [3.05, 3.63) is 35.9 Å². The Bertz CT molecular complexity index is 311. The van der Waals surface area contributed by atoms with E-state index < -0.39 is 0 Å². The van der Waals surface area contributed by atoms with Crippen LogP contribution in [0.1, 0.15) is 25.8 Å². The second kappa shape index (κ2) is 7.01. The predicted molar refractivity (Wildman–Crippen MR) is 66.0 cm³/mol. The van der Waals surface area contributed by atoms with E-state index in [0.717, 1.165) is 12.1 Å². The third-order valence-electron chi connectivity index (χ3n) is 2.38. The summed E-state index contributed by atoms with van der Waals surface area (Å²) >= 11 is 0. The minimum Gasteiger partial charge on any atom is -0.352 e. The van der Waals surface area contributed by atoms with E-state index in [-0.39, 0.29) is 11.9 Å². The van der Waals surface area contributed by atoms with E-state index in [1.165, 1.54) is 0 Å². The number of carbonyl (C=O) groups excluding carboxylic acids is 1. The van der Waals surface area contributed by atoms with Crippen LogP contribution >= 0.6 is 0 Å². The molecule has 1 atom stereocenters. The lowest BCUT2D eigenvalue weighted by Gasteiger charge is -2.12. The molecule has 16 heavy (non-hydrogen) atoms. The highest BCUT2D eigenvalue weighted by Crippen LogP contribution is 1.98. The Morgan fingerprint density at radius 3 is 2.62 bits per heavy atom. The summed E-state index contributed by atoms with van der Waals surface area (Å²) in [5, 5.41) is 6.12. The first kappa shape index (κ1) is 12.7. The standard InChI is InChI=1S/C13H20N2O/c1-3-14-11(2)9-13(16)15-10-12-7-5-4-6-8-12/h4-8,11,14H,3,9-10H2,1-2H3,(H,15,16). The fourth-order valence-electron chi connectivity index (χ4n) is 1.57. The van der Waals surface area contributed by atoms with Gasteiger partial charge in [-0.05, 0) is 19.0 Å². The van der Waals surface area contributed by atoms with Crippen molar-refractivity contribution in [3.63, 3.8) is 0 Å². The van der Waals surface area contributed by atoms with E-state index in [0.29, 0.717) is 13.0 Å². The maximum atomic E-state index is 11.6. The van der Waals surface area contributed by atoms with E-state index in [4.69, 9.17) is 0 Å². The zero-order chi connectivity index (χ0) is 11.8. The normalized spacial score (nSPS) is 12.1. The molecule has 1 unspecified atom stereocenters. The molecule has 1 rings (SSSR count). The molecule has 1 amide bonds. The maximum Gasteiger partial charge on any atom is 0.221 e. The van der Waals surface area contributed by atoms with Crippen molar-refractivity contribution in [2.45, 2.75) is 32.9 Å². The molecule has 1 aromatic carbocycles. The van der Waals surface area contributed by atoms with Crippen LogP contribution in [0.2, 0.25) is 0 Å². The van der Waals surface area contributed by atoms with Gasteiger partial charge in [0.05, 0.1) is 0 Å². The van der Waals surface area contributed by atoms with Crippen LogP contribution in [0.5, 0.6) is 0 Å². The van der Waals surface area contributed by atoms with Crippen LogP contribution in [-0.4, -0.2) is 18.5 Å². The van der Waals surface area contributed by atoms with Crippen molar-refractivity contribution in [1.29, 1.82) is 0 Å². The zero-order valence-corrected chi connectivity index (χ0v) is 9.99. The van der Waals surface area contributed by atoms with Gasteiger partial charge in [0.2, 0.25) is 5.91 Å². The molecule has 3 heteroatoms. The van der Waals surface area contributed by atoms with Crippen LogP contribution < -0.4 is 10.6 Å². The SMILES string of the molecule is CCNC(C)CC(=O)NCc1ccccc1. The smallest absolute Gasteiger partial charge is 0.221 e. The number of hydrogen-bond donors (Lipinski definition) is 2. The van der Waals surface area contributed by atoms with Crippen molar-refractivity contribution in [2.24, 2.45) is 0 Å². The third kappa shape index (κ3) is 4.94. The molecule has 0 fully saturated rings. The molecular weight excluding hydrogens is 200 g/mol. The van der Waals surface area contributed by atoms with E-state index >= 15 is 0 Å². The van der Waals surface area contributed by atoms with E-state index in [2.05, 4.69) is 10.6 Å². The largest absolute Gasteiger partial charge is 0.352 e. The van der Waals surface area contributed by atoms with Gasteiger partial charge in [-0.2, -0.15) is 0 Å². The van der Waals surface area contributed by atoms with Crippen molar-refractivity contribution >= 4 is 5.91 Å². The lowest BCUT2D eigenvalue weighted by atomic mass is 10.2. The maximum absolute atomic E-state index is 11.6. The Labute approximate surface area is 97.2 Å². The van der Waals surface area contributed by atoms with E-state index in [1.54, 1.807) is 0 Å². The zero-order valence-electron chi connectivity index (χ0n) is 9.99. The average Bonchev–Trinajstić information content (AvgIpc) is 2.28. The highest BCUT2D eigenvalue weighted by atomic mass is 16.1. The summed E-state index contributed by atoms with van der Waals surface area (Å²) in [4.78, 5) is 11.6. The molecule has 0 heterocycles. The molecule has 1 aromatic rings. The number of rotatable bonds is 6. The van der Waals surface area contributed by atoms with Gasteiger partial charge in [-0.15, -0.1) is 0 Å². The van der Waals surface area contributed by atoms with Crippen LogP contribution in [0.25, 0.3) is 0 Å². The van der Waals surface area contributed by atoms with Gasteiger partial charge in [0, 0.05) is 19.0 Å². The molecule has 0 bridgehead atoms. The van der Waals surface area contributed by atoms with Gasteiger partial charge in [0.25, 0.3) is 0 Å². The van der Waals surface area contributed by atoms with Crippen LogP contribution in [0.4, 0.5) is 0 Å². The van der Waals surface area contributed by atoms with Gasteiger partial charge in [-0.25, -0.2) is 0 Å². The molecule has 0 saturated carbocycles. The Morgan fingerprint density at radius 1 is 1.31 bits per heavy atom. The summed E-state index contributed by atoms with van der Waals surface area (Å²) in [7, 11) is 0. The fourth-order valence-corrected chi connectivity index (χ4v) is 1.57. The van der Waals surface area contributed by atoms with Crippen molar-refractivity contribution in [2.75, 3.05) is 6.54 Å². The third-order valence-corrected chi connectivity index (χ3v) is 2.38. The number of benzene rings is 1. The predicted octanol–water partition coefficient (Wildman–Crippen LogP) is 1.69. The Kier molecular flexibility index (Phi) is 5.57. The Balaban J connectivity index is 2.25. The van der Waals surface area contributed by atoms with Gasteiger partial charge in [-0.3, -0.25) is 4.79 Å². The van der Waals surface area contributed by atoms with E-state index in [1.807, 2.05) is 44.2 Å². The van der Waals surface area contributed by atoms with Crippen molar-refractivity contribution in [3.8, 4) is 0 Å². The average molecular weight is 220 g/mol. The molecule has 0 saturated heterocycles. The molecule has 0 aromatic heterocycles. The van der Waals surface area contributed by atoms with Crippen LogP contribution in [0.3, 0.4) is 0 Å².